The van der Waals surface area contributed by atoms with Crippen molar-refractivity contribution < 1.29 is 17.5 Å². The molecule has 0 unspecified atom stereocenters. The van der Waals surface area contributed by atoms with Gasteiger partial charge in [-0.2, -0.15) is 4.31 Å². The van der Waals surface area contributed by atoms with Crippen molar-refractivity contribution in [2.45, 2.75) is 11.8 Å². The molecule has 1 aliphatic heterocycles. The maximum Gasteiger partial charge on any atom is 0.243 e. The molecule has 2 aromatic carbocycles. The first kappa shape index (κ1) is 17.7. The lowest BCUT2D eigenvalue weighted by molar-refractivity contribution is 0.384. The fourth-order valence-corrected chi connectivity index (χ4v) is 4.51. The number of nitrogens with zero attached hydrogens (tertiary/aromatic N) is 2. The van der Waals surface area contributed by atoms with Gasteiger partial charge in [0.25, 0.3) is 0 Å². The van der Waals surface area contributed by atoms with E-state index in [0.717, 1.165) is 11.3 Å². The Morgan fingerprint density at radius 2 is 1.64 bits per heavy atom. The lowest BCUT2D eigenvalue weighted by Crippen LogP contribution is -2.48. The summed E-state index contributed by atoms with van der Waals surface area (Å²) in [4.78, 5) is 2.34. The van der Waals surface area contributed by atoms with Crippen LogP contribution in [-0.4, -0.2) is 46.0 Å². The average molecular weight is 364 g/mol. The molecular formula is C18H21FN2O3S. The van der Waals surface area contributed by atoms with E-state index in [2.05, 4.69) is 4.90 Å². The lowest BCUT2D eigenvalue weighted by Gasteiger charge is -2.35. The van der Waals surface area contributed by atoms with Gasteiger partial charge in [0.2, 0.25) is 10.0 Å². The Morgan fingerprint density at radius 1 is 1.00 bits per heavy atom. The minimum atomic E-state index is -3.53. The van der Waals surface area contributed by atoms with Crippen LogP contribution in [0.1, 0.15) is 5.56 Å². The molecule has 0 saturated carbocycles. The number of hydrogen-bond donors (Lipinski definition) is 0. The van der Waals surface area contributed by atoms with Gasteiger partial charge in [-0.1, -0.05) is 0 Å². The number of halogens is 1. The van der Waals surface area contributed by atoms with E-state index in [1.54, 1.807) is 37.4 Å². The van der Waals surface area contributed by atoms with Crippen molar-refractivity contribution in [3.8, 4) is 5.75 Å². The summed E-state index contributed by atoms with van der Waals surface area (Å²) in [5.41, 5.74) is 1.69. The molecule has 3 rings (SSSR count). The van der Waals surface area contributed by atoms with Crippen molar-refractivity contribution in [1.82, 2.24) is 4.31 Å². The molecule has 1 fully saturated rings. The first-order valence-corrected chi connectivity index (χ1v) is 9.51. The number of aryl methyl sites for hydroxylation is 1. The molecule has 0 aromatic heterocycles. The lowest BCUT2D eigenvalue weighted by atomic mass is 10.2. The number of hydrogen-bond acceptors (Lipinski definition) is 4. The Labute approximate surface area is 147 Å². The summed E-state index contributed by atoms with van der Waals surface area (Å²) >= 11 is 0. The fraction of sp³-hybridized carbons (Fsp3) is 0.333. The monoisotopic (exact) mass is 364 g/mol. The first-order chi connectivity index (χ1) is 11.9. The molecular weight excluding hydrogens is 343 g/mol. The molecule has 25 heavy (non-hydrogen) atoms. The molecule has 1 aliphatic rings. The molecule has 5 nitrogen and oxygen atoms in total. The van der Waals surface area contributed by atoms with Crippen LogP contribution in [0.25, 0.3) is 0 Å². The van der Waals surface area contributed by atoms with Crippen LogP contribution in [0.3, 0.4) is 0 Å². The molecule has 0 aliphatic carbocycles. The Kier molecular flexibility index (Phi) is 4.96. The molecule has 7 heteroatoms. The van der Waals surface area contributed by atoms with E-state index in [0.29, 0.717) is 31.9 Å². The van der Waals surface area contributed by atoms with Gasteiger partial charge in [0.1, 0.15) is 11.6 Å². The summed E-state index contributed by atoms with van der Waals surface area (Å²) < 4.78 is 45.4. The highest BCUT2D eigenvalue weighted by Crippen LogP contribution is 2.25. The summed E-state index contributed by atoms with van der Waals surface area (Å²) in [6.07, 6.45) is 0. The third-order valence-electron chi connectivity index (χ3n) is 4.43. The summed E-state index contributed by atoms with van der Waals surface area (Å²) in [6, 6.07) is 11.2. The van der Waals surface area contributed by atoms with Crippen LogP contribution in [0.2, 0.25) is 0 Å². The van der Waals surface area contributed by atoms with E-state index in [4.69, 9.17) is 4.74 Å². The molecule has 1 saturated heterocycles. The number of ether oxygens (including phenoxy) is 1. The number of anilines is 1. The second-order valence-electron chi connectivity index (χ2n) is 6.00. The number of piperazine rings is 1. The van der Waals surface area contributed by atoms with Crippen LogP contribution >= 0.6 is 0 Å². The number of rotatable bonds is 4. The van der Waals surface area contributed by atoms with Crippen LogP contribution in [0.4, 0.5) is 10.1 Å². The summed E-state index contributed by atoms with van der Waals surface area (Å²) in [5.74, 6) is 0.389. The van der Waals surface area contributed by atoms with Gasteiger partial charge in [-0.05, 0) is 55.0 Å². The molecule has 0 N–H and O–H groups in total. The van der Waals surface area contributed by atoms with E-state index in [-0.39, 0.29) is 10.7 Å². The van der Waals surface area contributed by atoms with Crippen LogP contribution in [0.15, 0.2) is 47.4 Å². The summed E-state index contributed by atoms with van der Waals surface area (Å²) in [5, 5.41) is 0. The summed E-state index contributed by atoms with van der Waals surface area (Å²) in [6.45, 7) is 3.75. The molecule has 0 bridgehead atoms. The van der Waals surface area contributed by atoms with Crippen molar-refractivity contribution in [3.05, 3.63) is 53.8 Å². The largest absolute Gasteiger partial charge is 0.496 e. The van der Waals surface area contributed by atoms with Gasteiger partial charge >= 0.3 is 0 Å². The highest BCUT2D eigenvalue weighted by Gasteiger charge is 2.29. The van der Waals surface area contributed by atoms with Crippen molar-refractivity contribution in [1.29, 1.82) is 0 Å². The van der Waals surface area contributed by atoms with Crippen LogP contribution in [-0.2, 0) is 10.0 Å². The highest BCUT2D eigenvalue weighted by atomic mass is 32.2. The summed E-state index contributed by atoms with van der Waals surface area (Å²) in [7, 11) is -1.97. The van der Waals surface area contributed by atoms with Gasteiger partial charge < -0.3 is 9.64 Å². The zero-order valence-electron chi connectivity index (χ0n) is 14.3. The SMILES string of the molecule is COc1ccc(S(=O)(=O)N2CCN(c3ccc(F)cc3)CC2)cc1C. The van der Waals surface area contributed by atoms with E-state index in [1.165, 1.54) is 16.4 Å². The number of methoxy groups -OCH3 is 1. The smallest absolute Gasteiger partial charge is 0.243 e. The third kappa shape index (κ3) is 3.62. The predicted molar refractivity (Wildman–Crippen MR) is 95.1 cm³/mol. The predicted octanol–water partition coefficient (Wildman–Crippen LogP) is 2.65. The van der Waals surface area contributed by atoms with Gasteiger partial charge in [-0.3, -0.25) is 0 Å². The minimum Gasteiger partial charge on any atom is -0.496 e. The van der Waals surface area contributed by atoms with Crippen LogP contribution in [0, 0.1) is 12.7 Å². The van der Waals surface area contributed by atoms with E-state index in [9.17, 15) is 12.8 Å². The molecule has 0 atom stereocenters. The normalized spacial score (nSPS) is 16.0. The average Bonchev–Trinajstić information content (AvgIpc) is 2.62. The highest BCUT2D eigenvalue weighted by molar-refractivity contribution is 7.89. The Bertz CT molecular complexity index is 845. The van der Waals surface area contributed by atoms with Gasteiger partial charge in [0.05, 0.1) is 12.0 Å². The minimum absolute atomic E-state index is 0.278. The van der Waals surface area contributed by atoms with Gasteiger partial charge in [-0.15, -0.1) is 0 Å². The maximum absolute atomic E-state index is 13.0. The van der Waals surface area contributed by atoms with Crippen molar-refractivity contribution in [2.75, 3.05) is 38.2 Å². The molecule has 134 valence electrons. The Morgan fingerprint density at radius 3 is 2.20 bits per heavy atom. The van der Waals surface area contributed by atoms with Crippen LogP contribution < -0.4 is 9.64 Å². The van der Waals surface area contributed by atoms with Crippen molar-refractivity contribution in [2.24, 2.45) is 0 Å². The van der Waals surface area contributed by atoms with Crippen LogP contribution in [0.5, 0.6) is 5.75 Å². The first-order valence-electron chi connectivity index (χ1n) is 8.07. The zero-order valence-corrected chi connectivity index (χ0v) is 15.1. The topological polar surface area (TPSA) is 49.9 Å². The fourth-order valence-electron chi connectivity index (χ4n) is 3.00. The Balaban J connectivity index is 1.73. The molecule has 2 aromatic rings. The van der Waals surface area contributed by atoms with Gasteiger partial charge in [0, 0.05) is 31.9 Å². The maximum atomic E-state index is 13.0. The quantitative estimate of drug-likeness (QED) is 0.837. The van der Waals surface area contributed by atoms with Crippen molar-refractivity contribution >= 4 is 15.7 Å². The number of benzene rings is 2. The number of sulfonamides is 1. The standard InChI is InChI=1S/C18H21FN2O3S/c1-14-13-17(7-8-18(14)24-2)25(22,23)21-11-9-20(10-12-21)16-5-3-15(19)4-6-16/h3-8,13H,9-12H2,1-2H3. The second-order valence-corrected chi connectivity index (χ2v) is 7.94. The van der Waals surface area contributed by atoms with Gasteiger partial charge in [0.15, 0.2) is 0 Å². The molecule has 0 radical (unpaired) electrons. The van der Waals surface area contributed by atoms with Gasteiger partial charge in [-0.25, -0.2) is 12.8 Å². The third-order valence-corrected chi connectivity index (χ3v) is 6.33. The Hall–Kier alpha value is -2.12. The molecule has 0 spiro atoms. The van der Waals surface area contributed by atoms with E-state index >= 15 is 0 Å². The van der Waals surface area contributed by atoms with Crippen molar-refractivity contribution in [3.63, 3.8) is 0 Å². The molecule has 1 heterocycles. The molecule has 0 amide bonds. The van der Waals surface area contributed by atoms with E-state index < -0.39 is 10.0 Å². The second kappa shape index (κ2) is 7.01. The zero-order chi connectivity index (χ0) is 18.0. The van der Waals surface area contributed by atoms with E-state index in [1.807, 2.05) is 6.92 Å².